The number of hydrogen-bond acceptors (Lipinski definition) is 3. The quantitative estimate of drug-likeness (QED) is 0.891. The molecule has 1 aromatic rings. The lowest BCUT2D eigenvalue weighted by Gasteiger charge is -2.35. The van der Waals surface area contributed by atoms with Crippen LogP contribution >= 0.6 is 11.6 Å². The molecule has 0 bridgehead atoms. The van der Waals surface area contributed by atoms with Crippen LogP contribution < -0.4 is 5.32 Å². The molecule has 0 radical (unpaired) electrons. The molecule has 0 saturated heterocycles. The monoisotopic (exact) mass is 282 g/mol. The van der Waals surface area contributed by atoms with Gasteiger partial charge in [-0.3, -0.25) is 9.78 Å². The second kappa shape index (κ2) is 6.35. The number of carbonyl (C=O) groups excluding carboxylic acids is 1. The Bertz CT molecular complexity index is 445. The normalized spacial score (nSPS) is 18.0. The molecule has 2 N–H and O–H groups in total. The van der Waals surface area contributed by atoms with Gasteiger partial charge >= 0.3 is 0 Å². The minimum absolute atomic E-state index is 0.119. The van der Waals surface area contributed by atoms with Gasteiger partial charge in [-0.05, 0) is 18.9 Å². The van der Waals surface area contributed by atoms with Crippen LogP contribution in [0, 0.1) is 5.41 Å². The van der Waals surface area contributed by atoms with Gasteiger partial charge in [-0.15, -0.1) is 0 Å². The summed E-state index contributed by atoms with van der Waals surface area (Å²) >= 11 is 5.96. The Labute approximate surface area is 118 Å². The summed E-state index contributed by atoms with van der Waals surface area (Å²) in [7, 11) is 0. The Morgan fingerprint density at radius 2 is 2.16 bits per heavy atom. The standard InChI is InChI=1S/C14H19ClN2O2/c15-12-4-7-16-8-11(12)13(19)17-9-14(10-18)5-2-1-3-6-14/h4,7-8,18H,1-3,5-6,9-10H2,(H,17,19). The number of halogens is 1. The van der Waals surface area contributed by atoms with E-state index in [9.17, 15) is 9.90 Å². The van der Waals surface area contributed by atoms with Gasteiger partial charge in [0.1, 0.15) is 0 Å². The third kappa shape index (κ3) is 3.45. The molecule has 1 aliphatic carbocycles. The Morgan fingerprint density at radius 3 is 2.79 bits per heavy atom. The molecule has 1 fully saturated rings. The van der Waals surface area contributed by atoms with Crippen molar-refractivity contribution in [2.75, 3.05) is 13.2 Å². The number of aromatic nitrogens is 1. The lowest BCUT2D eigenvalue weighted by Crippen LogP contribution is -2.41. The Kier molecular flexibility index (Phi) is 4.77. The molecule has 5 heteroatoms. The van der Waals surface area contributed by atoms with E-state index in [1.807, 2.05) is 0 Å². The first-order valence-corrected chi connectivity index (χ1v) is 7.03. The first-order chi connectivity index (χ1) is 9.17. The maximum absolute atomic E-state index is 12.0. The maximum Gasteiger partial charge on any atom is 0.254 e. The zero-order valence-electron chi connectivity index (χ0n) is 10.9. The van der Waals surface area contributed by atoms with Crippen molar-refractivity contribution in [3.63, 3.8) is 0 Å². The molecule has 0 aromatic carbocycles. The van der Waals surface area contributed by atoms with Crippen LogP contribution in [0.2, 0.25) is 5.02 Å². The highest BCUT2D eigenvalue weighted by atomic mass is 35.5. The predicted octanol–water partition coefficient (Wildman–Crippen LogP) is 2.41. The average molecular weight is 283 g/mol. The molecule has 19 heavy (non-hydrogen) atoms. The first kappa shape index (κ1) is 14.3. The molecule has 1 amide bonds. The van der Waals surface area contributed by atoms with Crippen molar-refractivity contribution in [3.05, 3.63) is 29.0 Å². The number of aliphatic hydroxyl groups is 1. The number of rotatable bonds is 4. The summed E-state index contributed by atoms with van der Waals surface area (Å²) in [5, 5.41) is 12.9. The number of nitrogens with zero attached hydrogens (tertiary/aromatic N) is 1. The third-order valence-electron chi connectivity index (χ3n) is 3.89. The van der Waals surface area contributed by atoms with Gasteiger partial charge in [0.15, 0.2) is 0 Å². The smallest absolute Gasteiger partial charge is 0.254 e. The molecule has 4 nitrogen and oxygen atoms in total. The lowest BCUT2D eigenvalue weighted by atomic mass is 9.74. The number of nitrogens with one attached hydrogen (secondary N) is 1. The topological polar surface area (TPSA) is 62.2 Å². The summed E-state index contributed by atoms with van der Waals surface area (Å²) < 4.78 is 0. The van der Waals surface area contributed by atoms with E-state index in [1.165, 1.54) is 12.6 Å². The highest BCUT2D eigenvalue weighted by molar-refractivity contribution is 6.33. The van der Waals surface area contributed by atoms with Crippen LogP contribution in [0.4, 0.5) is 0 Å². The van der Waals surface area contributed by atoms with E-state index < -0.39 is 0 Å². The molecule has 1 aliphatic rings. The van der Waals surface area contributed by atoms with Gasteiger partial charge in [0.05, 0.1) is 17.2 Å². The first-order valence-electron chi connectivity index (χ1n) is 6.65. The average Bonchev–Trinajstić information content (AvgIpc) is 2.46. The summed E-state index contributed by atoms with van der Waals surface area (Å²) in [6.45, 7) is 0.613. The second-order valence-electron chi connectivity index (χ2n) is 5.26. The van der Waals surface area contributed by atoms with Crippen LogP contribution in [-0.4, -0.2) is 29.1 Å². The number of carbonyl (C=O) groups is 1. The molecule has 104 valence electrons. The van der Waals surface area contributed by atoms with E-state index in [0.29, 0.717) is 17.1 Å². The fraction of sp³-hybridized carbons (Fsp3) is 0.571. The van der Waals surface area contributed by atoms with E-state index in [1.54, 1.807) is 12.3 Å². The summed E-state index contributed by atoms with van der Waals surface area (Å²) in [6, 6.07) is 1.60. The van der Waals surface area contributed by atoms with Crippen molar-refractivity contribution in [1.82, 2.24) is 10.3 Å². The predicted molar refractivity (Wildman–Crippen MR) is 74.2 cm³/mol. The summed E-state index contributed by atoms with van der Waals surface area (Å²) in [6.07, 6.45) is 8.38. The molecule has 0 spiro atoms. The van der Waals surface area contributed by atoms with Crippen LogP contribution in [-0.2, 0) is 0 Å². The molecule has 1 aromatic heterocycles. The van der Waals surface area contributed by atoms with Crippen molar-refractivity contribution in [2.45, 2.75) is 32.1 Å². The number of amides is 1. The van der Waals surface area contributed by atoms with Gasteiger partial charge in [0.25, 0.3) is 5.91 Å². The Hall–Kier alpha value is -1.13. The zero-order chi connectivity index (χ0) is 13.7. The van der Waals surface area contributed by atoms with E-state index in [2.05, 4.69) is 10.3 Å². The van der Waals surface area contributed by atoms with Crippen LogP contribution in [0.5, 0.6) is 0 Å². The Balaban J connectivity index is 1.98. The molecule has 1 heterocycles. The van der Waals surface area contributed by atoms with Crippen molar-refractivity contribution in [3.8, 4) is 0 Å². The van der Waals surface area contributed by atoms with Crippen LogP contribution in [0.25, 0.3) is 0 Å². The minimum Gasteiger partial charge on any atom is -0.396 e. The van der Waals surface area contributed by atoms with Gasteiger partial charge in [0, 0.05) is 24.4 Å². The van der Waals surface area contributed by atoms with Gasteiger partial charge in [-0.2, -0.15) is 0 Å². The van der Waals surface area contributed by atoms with E-state index in [0.717, 1.165) is 25.7 Å². The van der Waals surface area contributed by atoms with Crippen LogP contribution in [0.15, 0.2) is 18.5 Å². The molecule has 0 atom stereocenters. The number of hydrogen-bond donors (Lipinski definition) is 2. The molecule has 1 saturated carbocycles. The number of aliphatic hydroxyl groups excluding tert-OH is 1. The molecular weight excluding hydrogens is 264 g/mol. The lowest BCUT2D eigenvalue weighted by molar-refractivity contribution is 0.0718. The molecule has 0 unspecified atom stereocenters. The van der Waals surface area contributed by atoms with Gasteiger partial charge in [0.2, 0.25) is 0 Å². The van der Waals surface area contributed by atoms with Crippen molar-refractivity contribution in [1.29, 1.82) is 0 Å². The SMILES string of the molecule is O=C(NCC1(CO)CCCCC1)c1cnccc1Cl. The summed E-state index contributed by atoms with van der Waals surface area (Å²) in [5.41, 5.74) is 0.218. The van der Waals surface area contributed by atoms with E-state index in [-0.39, 0.29) is 17.9 Å². The van der Waals surface area contributed by atoms with E-state index >= 15 is 0 Å². The van der Waals surface area contributed by atoms with Crippen molar-refractivity contribution < 1.29 is 9.90 Å². The van der Waals surface area contributed by atoms with Crippen molar-refractivity contribution >= 4 is 17.5 Å². The molecule has 2 rings (SSSR count). The summed E-state index contributed by atoms with van der Waals surface area (Å²) in [4.78, 5) is 16.0. The third-order valence-corrected chi connectivity index (χ3v) is 4.22. The fourth-order valence-corrected chi connectivity index (χ4v) is 2.79. The zero-order valence-corrected chi connectivity index (χ0v) is 11.6. The van der Waals surface area contributed by atoms with Crippen LogP contribution in [0.1, 0.15) is 42.5 Å². The molecular formula is C14H19ClN2O2. The largest absolute Gasteiger partial charge is 0.396 e. The highest BCUT2D eigenvalue weighted by Gasteiger charge is 2.31. The molecule has 0 aliphatic heterocycles. The maximum atomic E-state index is 12.0. The fourth-order valence-electron chi connectivity index (χ4n) is 2.60. The van der Waals surface area contributed by atoms with Crippen molar-refractivity contribution in [2.24, 2.45) is 5.41 Å². The second-order valence-corrected chi connectivity index (χ2v) is 5.66. The van der Waals surface area contributed by atoms with Crippen LogP contribution in [0.3, 0.4) is 0 Å². The van der Waals surface area contributed by atoms with Gasteiger partial charge in [-0.1, -0.05) is 30.9 Å². The minimum atomic E-state index is -0.225. The van der Waals surface area contributed by atoms with Gasteiger partial charge in [-0.25, -0.2) is 0 Å². The summed E-state index contributed by atoms with van der Waals surface area (Å²) in [5.74, 6) is -0.225. The van der Waals surface area contributed by atoms with Gasteiger partial charge < -0.3 is 10.4 Å². The Morgan fingerprint density at radius 1 is 1.42 bits per heavy atom. The van der Waals surface area contributed by atoms with E-state index in [4.69, 9.17) is 11.6 Å². The highest BCUT2D eigenvalue weighted by Crippen LogP contribution is 2.35. The number of pyridine rings is 1.